The predicted molar refractivity (Wildman–Crippen MR) is 59.6 cm³/mol. The molecule has 0 spiro atoms. The molecule has 2 unspecified atom stereocenters. The molecule has 82 valence electrons. The highest BCUT2D eigenvalue weighted by Gasteiger charge is 2.23. The van der Waals surface area contributed by atoms with Crippen LogP contribution >= 0.6 is 0 Å². The van der Waals surface area contributed by atoms with Gasteiger partial charge in [0.2, 0.25) is 0 Å². The Kier molecular flexibility index (Phi) is 3.69. The van der Waals surface area contributed by atoms with E-state index in [1.807, 2.05) is 24.5 Å². The number of nitrogens with zero attached hydrogens (tertiary/aromatic N) is 1. The van der Waals surface area contributed by atoms with Crippen LogP contribution in [0.3, 0.4) is 0 Å². The average Bonchev–Trinajstić information content (AvgIpc) is 2.66. The first kappa shape index (κ1) is 10.6. The van der Waals surface area contributed by atoms with Gasteiger partial charge in [0.05, 0.1) is 6.10 Å². The number of hydrogen-bond acceptors (Lipinski definition) is 3. The summed E-state index contributed by atoms with van der Waals surface area (Å²) in [6.07, 6.45) is 7.71. The highest BCUT2D eigenvalue weighted by Crippen LogP contribution is 2.18. The minimum absolute atomic E-state index is 0.137. The fraction of sp³-hybridized carbons (Fsp3) is 0.583. The largest absolute Gasteiger partial charge is 0.392 e. The van der Waals surface area contributed by atoms with Gasteiger partial charge in [-0.3, -0.25) is 4.98 Å². The van der Waals surface area contributed by atoms with Crippen LogP contribution in [-0.4, -0.2) is 28.8 Å². The highest BCUT2D eigenvalue weighted by molar-refractivity contribution is 5.09. The Hall–Kier alpha value is -0.930. The van der Waals surface area contributed by atoms with Crippen LogP contribution in [0.25, 0.3) is 0 Å². The third kappa shape index (κ3) is 3.01. The van der Waals surface area contributed by atoms with E-state index in [1.165, 1.54) is 5.56 Å². The molecule has 0 amide bonds. The molecule has 0 bridgehead atoms. The first-order valence-electron chi connectivity index (χ1n) is 5.66. The molecule has 2 atom stereocenters. The maximum Gasteiger partial charge on any atom is 0.0693 e. The van der Waals surface area contributed by atoms with Crippen molar-refractivity contribution in [3.63, 3.8) is 0 Å². The van der Waals surface area contributed by atoms with Crippen LogP contribution in [0.1, 0.15) is 24.8 Å². The Labute approximate surface area is 90.5 Å². The number of hydrogen-bond donors (Lipinski definition) is 2. The lowest BCUT2D eigenvalue weighted by atomic mass is 10.1. The smallest absolute Gasteiger partial charge is 0.0693 e. The molecule has 1 aliphatic carbocycles. The molecule has 2 rings (SSSR count). The predicted octanol–water partition coefficient (Wildman–Crippen LogP) is 1.13. The lowest BCUT2D eigenvalue weighted by Gasteiger charge is -2.16. The summed E-state index contributed by atoms with van der Waals surface area (Å²) < 4.78 is 0. The van der Waals surface area contributed by atoms with Gasteiger partial charge in [-0.05, 0) is 49.9 Å². The molecule has 3 nitrogen and oxygen atoms in total. The number of aliphatic hydroxyl groups is 1. The summed E-state index contributed by atoms with van der Waals surface area (Å²) in [5.41, 5.74) is 1.30. The minimum Gasteiger partial charge on any atom is -0.392 e. The van der Waals surface area contributed by atoms with Crippen LogP contribution in [0.5, 0.6) is 0 Å². The summed E-state index contributed by atoms with van der Waals surface area (Å²) in [5, 5.41) is 13.0. The minimum atomic E-state index is -0.137. The molecule has 1 fully saturated rings. The summed E-state index contributed by atoms with van der Waals surface area (Å²) in [6, 6.07) is 4.38. The van der Waals surface area contributed by atoms with Gasteiger partial charge in [-0.25, -0.2) is 0 Å². The second-order valence-corrected chi connectivity index (χ2v) is 4.16. The number of rotatable bonds is 4. The second kappa shape index (κ2) is 5.24. The lowest BCUT2D eigenvalue weighted by molar-refractivity contribution is 0.149. The zero-order valence-electron chi connectivity index (χ0n) is 8.89. The van der Waals surface area contributed by atoms with E-state index < -0.39 is 0 Å². The van der Waals surface area contributed by atoms with Crippen LogP contribution in [0.15, 0.2) is 24.5 Å². The SMILES string of the molecule is OC1CCCC1NCCc1ccncc1. The van der Waals surface area contributed by atoms with Gasteiger partial charge in [-0.15, -0.1) is 0 Å². The van der Waals surface area contributed by atoms with Crippen LogP contribution in [0, 0.1) is 0 Å². The Balaban J connectivity index is 1.71. The van der Waals surface area contributed by atoms with Gasteiger partial charge in [0.25, 0.3) is 0 Å². The van der Waals surface area contributed by atoms with E-state index in [0.717, 1.165) is 32.2 Å². The van der Waals surface area contributed by atoms with Crippen molar-refractivity contribution in [1.82, 2.24) is 10.3 Å². The fourth-order valence-corrected chi connectivity index (χ4v) is 2.13. The van der Waals surface area contributed by atoms with Crippen molar-refractivity contribution in [1.29, 1.82) is 0 Å². The number of aromatic nitrogens is 1. The summed E-state index contributed by atoms with van der Waals surface area (Å²) in [6.45, 7) is 0.936. The highest BCUT2D eigenvalue weighted by atomic mass is 16.3. The Morgan fingerprint density at radius 1 is 1.33 bits per heavy atom. The molecule has 0 aliphatic heterocycles. The molecule has 0 aromatic carbocycles. The van der Waals surface area contributed by atoms with Crippen LogP contribution in [-0.2, 0) is 6.42 Å². The van der Waals surface area contributed by atoms with Gasteiger partial charge in [0.15, 0.2) is 0 Å². The summed E-state index contributed by atoms with van der Waals surface area (Å²) in [7, 11) is 0. The Morgan fingerprint density at radius 2 is 2.13 bits per heavy atom. The molecule has 1 heterocycles. The first-order valence-corrected chi connectivity index (χ1v) is 5.66. The first-order chi connectivity index (χ1) is 7.36. The van der Waals surface area contributed by atoms with E-state index >= 15 is 0 Å². The summed E-state index contributed by atoms with van der Waals surface area (Å²) in [5.74, 6) is 0. The molecule has 2 N–H and O–H groups in total. The molecule has 15 heavy (non-hydrogen) atoms. The fourth-order valence-electron chi connectivity index (χ4n) is 2.13. The Morgan fingerprint density at radius 3 is 2.80 bits per heavy atom. The Bertz CT molecular complexity index is 289. The molecule has 1 aromatic rings. The monoisotopic (exact) mass is 206 g/mol. The van der Waals surface area contributed by atoms with Gasteiger partial charge < -0.3 is 10.4 Å². The van der Waals surface area contributed by atoms with Crippen molar-refractivity contribution in [3.8, 4) is 0 Å². The maximum atomic E-state index is 9.61. The van der Waals surface area contributed by atoms with E-state index in [9.17, 15) is 5.11 Å². The summed E-state index contributed by atoms with van der Waals surface area (Å²) >= 11 is 0. The van der Waals surface area contributed by atoms with Gasteiger partial charge in [-0.1, -0.05) is 0 Å². The van der Waals surface area contributed by atoms with Crippen molar-refractivity contribution >= 4 is 0 Å². The number of aliphatic hydroxyl groups excluding tert-OH is 1. The van der Waals surface area contributed by atoms with Crippen LogP contribution in [0.2, 0.25) is 0 Å². The average molecular weight is 206 g/mol. The zero-order chi connectivity index (χ0) is 10.5. The third-order valence-electron chi connectivity index (χ3n) is 3.05. The van der Waals surface area contributed by atoms with Gasteiger partial charge in [0, 0.05) is 18.4 Å². The molecule has 1 aliphatic rings. The van der Waals surface area contributed by atoms with Crippen molar-refractivity contribution in [2.24, 2.45) is 0 Å². The normalized spacial score (nSPS) is 25.7. The zero-order valence-corrected chi connectivity index (χ0v) is 8.89. The topological polar surface area (TPSA) is 45.1 Å². The van der Waals surface area contributed by atoms with Gasteiger partial charge in [-0.2, -0.15) is 0 Å². The molecule has 1 aromatic heterocycles. The van der Waals surface area contributed by atoms with Gasteiger partial charge >= 0.3 is 0 Å². The van der Waals surface area contributed by atoms with Crippen molar-refractivity contribution < 1.29 is 5.11 Å². The van der Waals surface area contributed by atoms with Crippen LogP contribution in [0.4, 0.5) is 0 Å². The molecule has 1 saturated carbocycles. The molecular weight excluding hydrogens is 188 g/mol. The second-order valence-electron chi connectivity index (χ2n) is 4.16. The third-order valence-corrected chi connectivity index (χ3v) is 3.05. The van der Waals surface area contributed by atoms with Crippen LogP contribution < -0.4 is 5.32 Å². The molecule has 3 heteroatoms. The van der Waals surface area contributed by atoms with Crippen molar-refractivity contribution in [3.05, 3.63) is 30.1 Å². The maximum absolute atomic E-state index is 9.61. The van der Waals surface area contributed by atoms with E-state index in [2.05, 4.69) is 10.3 Å². The number of pyridine rings is 1. The quantitative estimate of drug-likeness (QED) is 0.776. The molecule has 0 saturated heterocycles. The van der Waals surface area contributed by atoms with E-state index in [1.54, 1.807) is 0 Å². The van der Waals surface area contributed by atoms with E-state index in [4.69, 9.17) is 0 Å². The number of nitrogens with one attached hydrogen (secondary N) is 1. The summed E-state index contributed by atoms with van der Waals surface area (Å²) in [4.78, 5) is 3.98. The van der Waals surface area contributed by atoms with Crippen molar-refractivity contribution in [2.75, 3.05) is 6.54 Å². The van der Waals surface area contributed by atoms with Gasteiger partial charge in [0.1, 0.15) is 0 Å². The molecule has 0 radical (unpaired) electrons. The van der Waals surface area contributed by atoms with Crippen molar-refractivity contribution in [2.45, 2.75) is 37.8 Å². The van der Waals surface area contributed by atoms with E-state index in [0.29, 0.717) is 6.04 Å². The van der Waals surface area contributed by atoms with E-state index in [-0.39, 0.29) is 6.10 Å². The standard InChI is InChI=1S/C12H18N2O/c15-12-3-1-2-11(12)14-9-6-10-4-7-13-8-5-10/h4-5,7-8,11-12,14-15H,1-3,6,9H2. The molecular formula is C12H18N2O. The lowest BCUT2D eigenvalue weighted by Crippen LogP contribution is -2.36.